The average Bonchev–Trinajstić information content (AvgIpc) is 2.95. The zero-order valence-electron chi connectivity index (χ0n) is 9.43. The van der Waals surface area contributed by atoms with Crippen LogP contribution in [0.3, 0.4) is 0 Å². The molecule has 1 aromatic rings. The van der Waals surface area contributed by atoms with Gasteiger partial charge in [-0.25, -0.2) is 0 Å². The van der Waals surface area contributed by atoms with E-state index in [-0.39, 0.29) is 0 Å². The molecule has 0 spiro atoms. The topological polar surface area (TPSA) is 54.2 Å². The Hall–Kier alpha value is -0.940. The Balaban J connectivity index is 1.45. The third-order valence-corrected chi connectivity index (χ3v) is 3.76. The first kappa shape index (κ1) is 10.2. The molecule has 88 valence electrons. The second-order valence-electron chi connectivity index (χ2n) is 4.68. The molecule has 0 amide bonds. The van der Waals surface area contributed by atoms with Crippen molar-refractivity contribution in [1.82, 2.24) is 20.4 Å². The van der Waals surface area contributed by atoms with Crippen LogP contribution in [0.5, 0.6) is 0 Å². The van der Waals surface area contributed by atoms with Crippen LogP contribution in [-0.2, 0) is 6.42 Å². The van der Waals surface area contributed by atoms with Crippen LogP contribution in [-0.4, -0.2) is 46.8 Å². The molecule has 2 aliphatic heterocycles. The molecule has 5 nitrogen and oxygen atoms in total. The largest absolute Gasteiger partial charge is 0.340 e. The van der Waals surface area contributed by atoms with E-state index < -0.39 is 0 Å². The number of fused-ring (bicyclic) bond motifs is 1. The van der Waals surface area contributed by atoms with Crippen molar-refractivity contribution in [3.8, 4) is 0 Å². The van der Waals surface area contributed by atoms with E-state index in [0.29, 0.717) is 6.04 Å². The van der Waals surface area contributed by atoms with Crippen LogP contribution in [0.2, 0.25) is 0 Å². The summed E-state index contributed by atoms with van der Waals surface area (Å²) in [5, 5.41) is 7.23. The molecule has 1 aromatic heterocycles. The Morgan fingerprint density at radius 1 is 1.44 bits per heavy atom. The van der Waals surface area contributed by atoms with Crippen LogP contribution in [0.1, 0.15) is 25.2 Å². The second kappa shape index (κ2) is 4.51. The van der Waals surface area contributed by atoms with Crippen LogP contribution in [0, 0.1) is 0 Å². The fourth-order valence-electron chi connectivity index (χ4n) is 2.99. The van der Waals surface area contributed by atoms with E-state index in [9.17, 15) is 0 Å². The van der Waals surface area contributed by atoms with Gasteiger partial charge in [0.15, 0.2) is 6.33 Å². The molecule has 0 radical (unpaired) electrons. The summed E-state index contributed by atoms with van der Waals surface area (Å²) < 4.78 is 4.97. The minimum atomic E-state index is 0.672. The van der Waals surface area contributed by atoms with Crippen LogP contribution in [0.15, 0.2) is 10.9 Å². The van der Waals surface area contributed by atoms with Crippen molar-refractivity contribution >= 4 is 0 Å². The van der Waals surface area contributed by atoms with Crippen molar-refractivity contribution in [3.05, 3.63) is 12.2 Å². The Morgan fingerprint density at radius 3 is 3.31 bits per heavy atom. The zero-order chi connectivity index (χ0) is 10.8. The number of hydrogen-bond donors (Lipinski definition) is 1. The van der Waals surface area contributed by atoms with E-state index in [2.05, 4.69) is 20.4 Å². The van der Waals surface area contributed by atoms with Gasteiger partial charge < -0.3 is 9.84 Å². The van der Waals surface area contributed by atoms with Gasteiger partial charge in [0.05, 0.1) is 0 Å². The van der Waals surface area contributed by atoms with E-state index in [4.69, 9.17) is 4.52 Å². The maximum absolute atomic E-state index is 4.97. The highest BCUT2D eigenvalue weighted by atomic mass is 16.5. The molecule has 0 aromatic carbocycles. The number of rotatable bonds is 4. The highest BCUT2D eigenvalue weighted by molar-refractivity contribution is 4.95. The van der Waals surface area contributed by atoms with Gasteiger partial charge in [-0.1, -0.05) is 5.16 Å². The highest BCUT2D eigenvalue weighted by Crippen LogP contribution is 2.27. The Labute approximate surface area is 95.2 Å². The Morgan fingerprint density at radius 2 is 2.44 bits per heavy atom. The molecule has 3 rings (SSSR count). The summed E-state index contributed by atoms with van der Waals surface area (Å²) in [5.74, 6) is 0.730. The second-order valence-corrected chi connectivity index (χ2v) is 4.68. The first-order valence-corrected chi connectivity index (χ1v) is 6.16. The monoisotopic (exact) mass is 222 g/mol. The van der Waals surface area contributed by atoms with Crippen molar-refractivity contribution in [2.24, 2.45) is 0 Å². The third kappa shape index (κ3) is 1.97. The maximum Gasteiger partial charge on any atom is 0.227 e. The van der Waals surface area contributed by atoms with Gasteiger partial charge in [0, 0.05) is 31.6 Å². The molecule has 5 heteroatoms. The molecule has 1 N–H and O–H groups in total. The standard InChI is InChI=1S/C11H18N4O/c1-2-10-9(4-7-15(10)6-1)12-5-3-11-13-8-14-16-11/h8-10,12H,1-7H2. The minimum absolute atomic E-state index is 0.672. The van der Waals surface area contributed by atoms with Crippen LogP contribution < -0.4 is 5.32 Å². The Bertz CT molecular complexity index is 327. The first-order chi connectivity index (χ1) is 7.93. The lowest BCUT2D eigenvalue weighted by atomic mass is 10.1. The van der Waals surface area contributed by atoms with Gasteiger partial charge in [-0.05, 0) is 25.8 Å². The molecule has 2 unspecified atom stereocenters. The van der Waals surface area contributed by atoms with Gasteiger partial charge in [0.1, 0.15) is 0 Å². The third-order valence-electron chi connectivity index (χ3n) is 3.76. The van der Waals surface area contributed by atoms with Crippen molar-refractivity contribution in [2.45, 2.75) is 37.8 Å². The predicted octanol–water partition coefficient (Wildman–Crippen LogP) is 0.438. The molecular formula is C11H18N4O. The normalized spacial score (nSPS) is 29.8. The first-order valence-electron chi connectivity index (χ1n) is 6.16. The van der Waals surface area contributed by atoms with Crippen LogP contribution >= 0.6 is 0 Å². The van der Waals surface area contributed by atoms with Crippen molar-refractivity contribution < 1.29 is 4.52 Å². The molecule has 2 atom stereocenters. The summed E-state index contributed by atoms with van der Waals surface area (Å²) in [5.41, 5.74) is 0. The van der Waals surface area contributed by atoms with Gasteiger partial charge >= 0.3 is 0 Å². The van der Waals surface area contributed by atoms with Crippen molar-refractivity contribution in [2.75, 3.05) is 19.6 Å². The average molecular weight is 222 g/mol. The van der Waals surface area contributed by atoms with E-state index in [1.54, 1.807) is 0 Å². The van der Waals surface area contributed by atoms with Gasteiger partial charge in [-0.3, -0.25) is 4.90 Å². The molecule has 2 aliphatic rings. The zero-order valence-corrected chi connectivity index (χ0v) is 9.43. The molecule has 0 bridgehead atoms. The van der Waals surface area contributed by atoms with E-state index >= 15 is 0 Å². The summed E-state index contributed by atoms with van der Waals surface area (Å²) in [6.45, 7) is 3.51. The minimum Gasteiger partial charge on any atom is -0.340 e. The molecule has 0 aliphatic carbocycles. The van der Waals surface area contributed by atoms with Crippen LogP contribution in [0.25, 0.3) is 0 Å². The van der Waals surface area contributed by atoms with Gasteiger partial charge in [0.25, 0.3) is 0 Å². The van der Waals surface area contributed by atoms with Crippen molar-refractivity contribution in [1.29, 1.82) is 0 Å². The molecule has 3 heterocycles. The summed E-state index contributed by atoms with van der Waals surface area (Å²) >= 11 is 0. The number of nitrogens with zero attached hydrogens (tertiary/aromatic N) is 3. The fourth-order valence-corrected chi connectivity index (χ4v) is 2.99. The van der Waals surface area contributed by atoms with Gasteiger partial charge in [-0.2, -0.15) is 4.98 Å². The maximum atomic E-state index is 4.97. The number of hydrogen-bond acceptors (Lipinski definition) is 5. The molecule has 0 saturated carbocycles. The molecule has 2 saturated heterocycles. The molecule has 16 heavy (non-hydrogen) atoms. The number of nitrogens with one attached hydrogen (secondary N) is 1. The molecule has 2 fully saturated rings. The Kier molecular flexibility index (Phi) is 2.88. The summed E-state index contributed by atoms with van der Waals surface area (Å²) in [4.78, 5) is 6.63. The summed E-state index contributed by atoms with van der Waals surface area (Å²) in [6.07, 6.45) is 6.31. The lowest BCUT2D eigenvalue weighted by Gasteiger charge is -2.20. The smallest absolute Gasteiger partial charge is 0.227 e. The predicted molar refractivity (Wildman–Crippen MR) is 59.0 cm³/mol. The van der Waals surface area contributed by atoms with E-state index in [1.807, 2.05) is 0 Å². The lowest BCUT2D eigenvalue weighted by Crippen LogP contribution is -2.39. The van der Waals surface area contributed by atoms with Crippen molar-refractivity contribution in [3.63, 3.8) is 0 Å². The van der Waals surface area contributed by atoms with Gasteiger partial charge in [-0.15, -0.1) is 0 Å². The quantitative estimate of drug-likeness (QED) is 0.801. The van der Waals surface area contributed by atoms with E-state index in [0.717, 1.165) is 24.9 Å². The number of aromatic nitrogens is 2. The molecular weight excluding hydrogens is 204 g/mol. The van der Waals surface area contributed by atoms with Gasteiger partial charge in [0.2, 0.25) is 5.89 Å². The van der Waals surface area contributed by atoms with Crippen LogP contribution in [0.4, 0.5) is 0 Å². The highest BCUT2D eigenvalue weighted by Gasteiger charge is 2.36. The fraction of sp³-hybridized carbons (Fsp3) is 0.818. The summed E-state index contributed by atoms with van der Waals surface area (Å²) in [7, 11) is 0. The SMILES string of the molecule is c1noc(CCNC2CCN3CCCC23)n1. The summed E-state index contributed by atoms with van der Waals surface area (Å²) in [6, 6.07) is 1.45. The lowest BCUT2D eigenvalue weighted by molar-refractivity contribution is 0.297. The van der Waals surface area contributed by atoms with E-state index in [1.165, 1.54) is 38.7 Å².